The van der Waals surface area contributed by atoms with Crippen molar-refractivity contribution in [3.63, 3.8) is 0 Å². The molecule has 0 fully saturated rings. The van der Waals surface area contributed by atoms with Gasteiger partial charge in [0.05, 0.1) is 0 Å². The summed E-state index contributed by atoms with van der Waals surface area (Å²) in [5.41, 5.74) is 31.7. The third kappa shape index (κ3) is 10.3. The van der Waals surface area contributed by atoms with Crippen LogP contribution in [0.1, 0.15) is 94.5 Å². The van der Waals surface area contributed by atoms with Crippen LogP contribution in [0.2, 0.25) is 0 Å². The lowest BCUT2D eigenvalue weighted by molar-refractivity contribution is 0.660. The van der Waals surface area contributed by atoms with Crippen LogP contribution in [0.25, 0.3) is 90.4 Å². The molecule has 0 saturated heterocycles. The summed E-state index contributed by atoms with van der Waals surface area (Å²) in [7, 11) is 0. The average molecular weight is 1160 g/mol. The molecule has 13 aromatic rings. The van der Waals surface area contributed by atoms with Crippen LogP contribution in [-0.2, 0) is 10.8 Å². The van der Waals surface area contributed by atoms with Crippen molar-refractivity contribution in [1.82, 2.24) is 0 Å². The lowest BCUT2D eigenvalue weighted by Crippen LogP contribution is -2.17. The number of nitrogens with zero attached hydrogens (tertiary/aromatic N) is 2. The lowest BCUT2D eigenvalue weighted by atomic mass is 9.81. The van der Waals surface area contributed by atoms with Crippen LogP contribution in [0.5, 0.6) is 0 Å². The van der Waals surface area contributed by atoms with Gasteiger partial charge in [0, 0.05) is 45.0 Å². The Bertz CT molecular complexity index is 4670. The van der Waals surface area contributed by atoms with Crippen LogP contribution < -0.4 is 9.80 Å². The zero-order chi connectivity index (χ0) is 61.4. The maximum absolute atomic E-state index is 2.44. The highest BCUT2D eigenvalue weighted by Gasteiger charge is 2.38. The molecule has 90 heavy (non-hydrogen) atoms. The summed E-state index contributed by atoms with van der Waals surface area (Å²) in [6.07, 6.45) is 9.01. The van der Waals surface area contributed by atoms with Gasteiger partial charge in [0.15, 0.2) is 0 Å². The van der Waals surface area contributed by atoms with Gasteiger partial charge in [-0.05, 0) is 245 Å². The van der Waals surface area contributed by atoms with Crippen LogP contribution in [0.15, 0.2) is 267 Å². The van der Waals surface area contributed by atoms with Crippen LogP contribution in [-0.4, -0.2) is 0 Å². The lowest BCUT2D eigenvalue weighted by Gasteiger charge is -2.29. The van der Waals surface area contributed by atoms with Crippen LogP contribution in [0, 0.1) is 27.7 Å². The molecule has 0 aliphatic heterocycles. The van der Waals surface area contributed by atoms with Crippen molar-refractivity contribution in [1.29, 1.82) is 0 Å². The highest BCUT2D eigenvalue weighted by molar-refractivity contribution is 5.92. The van der Waals surface area contributed by atoms with Gasteiger partial charge in [-0.3, -0.25) is 0 Å². The molecule has 0 amide bonds. The maximum atomic E-state index is 2.44. The van der Waals surface area contributed by atoms with E-state index in [0.717, 1.165) is 34.1 Å². The summed E-state index contributed by atoms with van der Waals surface area (Å²) < 4.78 is 0. The van der Waals surface area contributed by atoms with E-state index in [-0.39, 0.29) is 10.8 Å². The van der Waals surface area contributed by atoms with Crippen LogP contribution in [0.4, 0.5) is 34.1 Å². The van der Waals surface area contributed by atoms with Crippen molar-refractivity contribution >= 4 is 80.0 Å². The molecule has 434 valence electrons. The molecular formula is C88H72N2. The van der Waals surface area contributed by atoms with E-state index in [2.05, 4.69) is 356 Å². The Kier molecular flexibility index (Phi) is 13.8. The third-order valence-electron chi connectivity index (χ3n) is 19.1. The number of hydrogen-bond donors (Lipinski definition) is 0. The SMILES string of the molecule is Cc1cc(C)cc(N(c2ccc(-c3ccc4ccccc4c3)cc2)c2ccc3c(c2)C(C)(C)c2cc(C=Cc4ccc(C=Cc5ccc6c(c5)C(C)(C)c5cc(N(c7ccc(-c8ccc9ccccc9c8)cc7)c7cc(C)cc(C)c7)ccc5-6)cc4)ccc2-3)c1. The van der Waals surface area contributed by atoms with Gasteiger partial charge in [-0.15, -0.1) is 0 Å². The quantitative estimate of drug-likeness (QED) is 0.113. The molecule has 0 N–H and O–H groups in total. The van der Waals surface area contributed by atoms with Crippen LogP contribution in [0.3, 0.4) is 0 Å². The second-order valence-electron chi connectivity index (χ2n) is 26.2. The van der Waals surface area contributed by atoms with Crippen molar-refractivity contribution in [3.05, 3.63) is 334 Å². The fourth-order valence-corrected chi connectivity index (χ4v) is 14.5. The van der Waals surface area contributed by atoms with E-state index >= 15 is 0 Å². The molecule has 2 aliphatic carbocycles. The second kappa shape index (κ2) is 22.2. The van der Waals surface area contributed by atoms with Gasteiger partial charge in [-0.25, -0.2) is 0 Å². The van der Waals surface area contributed by atoms with Gasteiger partial charge >= 0.3 is 0 Å². The number of aryl methyl sites for hydroxylation is 4. The van der Waals surface area contributed by atoms with Crippen molar-refractivity contribution < 1.29 is 0 Å². The number of benzene rings is 13. The molecule has 0 atom stereocenters. The minimum Gasteiger partial charge on any atom is -0.310 e. The molecule has 0 radical (unpaired) electrons. The number of rotatable bonds is 12. The summed E-state index contributed by atoms with van der Waals surface area (Å²) in [6, 6.07) is 99.6. The van der Waals surface area contributed by atoms with E-state index in [1.807, 2.05) is 0 Å². The standard InChI is InChI=1S/C88H72N2/c1-57-45-58(2)48-77(47-57)89(73-35-31-67(32-36-73)71-29-27-65-13-9-11-15-69(65)53-71)75-39-43-81-79-41-25-63(51-83(79)87(5,6)85(81)55-75)23-21-61-17-19-62(20-18-61)22-24-64-26-42-80-82-44-40-76(56-86(82)88(7,8)84(80)52-64)90(78-49-59(3)46-60(4)50-78)74-37-33-68(34-38-74)72-30-28-66-14-10-12-16-70(66)54-72/h9-56H,1-8H3. The van der Waals surface area contributed by atoms with Gasteiger partial charge in [0.1, 0.15) is 0 Å². The van der Waals surface area contributed by atoms with Crippen molar-refractivity contribution in [3.8, 4) is 44.5 Å². The Labute approximate surface area is 531 Å². The first kappa shape index (κ1) is 56.0. The Morgan fingerprint density at radius 2 is 0.533 bits per heavy atom. The summed E-state index contributed by atoms with van der Waals surface area (Å²) in [4.78, 5) is 4.85. The highest BCUT2D eigenvalue weighted by Crippen LogP contribution is 2.53. The molecule has 13 aromatic carbocycles. The van der Waals surface area contributed by atoms with E-state index in [9.17, 15) is 0 Å². The van der Waals surface area contributed by atoms with Crippen LogP contribution >= 0.6 is 0 Å². The predicted molar refractivity (Wildman–Crippen MR) is 387 cm³/mol. The van der Waals surface area contributed by atoms with E-state index in [0.29, 0.717) is 0 Å². The van der Waals surface area contributed by atoms with Gasteiger partial charge in [-0.2, -0.15) is 0 Å². The molecule has 2 nitrogen and oxygen atoms in total. The van der Waals surface area contributed by atoms with Crippen molar-refractivity contribution in [2.75, 3.05) is 9.80 Å². The topological polar surface area (TPSA) is 6.48 Å². The molecule has 0 aromatic heterocycles. The van der Waals surface area contributed by atoms with E-state index in [1.165, 1.54) is 133 Å². The predicted octanol–water partition coefficient (Wildman–Crippen LogP) is 24.5. The van der Waals surface area contributed by atoms with Gasteiger partial charge < -0.3 is 9.80 Å². The largest absolute Gasteiger partial charge is 0.310 e. The Morgan fingerprint density at radius 3 is 0.911 bits per heavy atom. The first-order valence-corrected chi connectivity index (χ1v) is 31.7. The summed E-state index contributed by atoms with van der Waals surface area (Å²) in [6.45, 7) is 18.3. The summed E-state index contributed by atoms with van der Waals surface area (Å²) >= 11 is 0. The van der Waals surface area contributed by atoms with E-state index in [1.54, 1.807) is 0 Å². The minimum atomic E-state index is -0.202. The molecule has 2 heteroatoms. The third-order valence-corrected chi connectivity index (χ3v) is 19.1. The average Bonchev–Trinajstić information content (AvgIpc) is 1.58. The normalized spacial score (nSPS) is 13.4. The fraction of sp³-hybridized carbons (Fsp3) is 0.114. The minimum absolute atomic E-state index is 0.202. The first-order valence-electron chi connectivity index (χ1n) is 31.7. The molecule has 0 unspecified atom stereocenters. The molecular weight excluding hydrogens is 1080 g/mol. The number of hydrogen-bond acceptors (Lipinski definition) is 2. The molecule has 0 heterocycles. The number of fused-ring (bicyclic) bond motifs is 8. The van der Waals surface area contributed by atoms with E-state index < -0.39 is 0 Å². The molecule has 15 rings (SSSR count). The summed E-state index contributed by atoms with van der Waals surface area (Å²) in [5.74, 6) is 0. The Balaban J connectivity index is 0.646. The highest BCUT2D eigenvalue weighted by atomic mass is 15.1. The summed E-state index contributed by atoms with van der Waals surface area (Å²) in [5, 5.41) is 5.02. The number of anilines is 6. The zero-order valence-electron chi connectivity index (χ0n) is 52.6. The van der Waals surface area contributed by atoms with Crippen molar-refractivity contribution in [2.24, 2.45) is 0 Å². The zero-order valence-corrected chi connectivity index (χ0v) is 52.6. The first-order chi connectivity index (χ1) is 43.7. The second-order valence-corrected chi connectivity index (χ2v) is 26.2. The fourth-order valence-electron chi connectivity index (χ4n) is 14.5. The maximum Gasteiger partial charge on any atom is 0.0466 e. The van der Waals surface area contributed by atoms with Crippen molar-refractivity contribution in [2.45, 2.75) is 66.2 Å². The van der Waals surface area contributed by atoms with Gasteiger partial charge in [0.2, 0.25) is 0 Å². The Morgan fingerprint density at radius 1 is 0.233 bits per heavy atom. The smallest absolute Gasteiger partial charge is 0.0466 e. The molecule has 0 saturated carbocycles. The molecule has 2 aliphatic rings. The van der Waals surface area contributed by atoms with Gasteiger partial charge in [-0.1, -0.05) is 234 Å². The Hall–Kier alpha value is -10.5. The molecule has 0 spiro atoms. The monoisotopic (exact) mass is 1160 g/mol. The van der Waals surface area contributed by atoms with E-state index in [4.69, 9.17) is 0 Å². The van der Waals surface area contributed by atoms with Gasteiger partial charge in [0.25, 0.3) is 0 Å². The molecule has 0 bridgehead atoms.